The number of nitrogens with zero attached hydrogens (tertiary/aromatic N) is 1. The predicted molar refractivity (Wildman–Crippen MR) is 87.9 cm³/mol. The molecule has 1 aromatic carbocycles. The van der Waals surface area contributed by atoms with E-state index < -0.39 is 10.0 Å². The van der Waals surface area contributed by atoms with Crippen molar-refractivity contribution in [1.29, 1.82) is 0 Å². The van der Waals surface area contributed by atoms with Gasteiger partial charge >= 0.3 is 0 Å². The van der Waals surface area contributed by atoms with E-state index in [0.29, 0.717) is 20.4 Å². The Labute approximate surface area is 139 Å². The third kappa shape index (κ3) is 3.66. The van der Waals surface area contributed by atoms with Gasteiger partial charge in [-0.2, -0.15) is 0 Å². The molecule has 2 aromatic rings. The molecule has 112 valence electrons. The Morgan fingerprint density at radius 1 is 1.29 bits per heavy atom. The highest BCUT2D eigenvalue weighted by molar-refractivity contribution is 9.10. The van der Waals surface area contributed by atoms with E-state index in [2.05, 4.69) is 41.6 Å². The van der Waals surface area contributed by atoms with E-state index in [1.807, 2.05) is 0 Å². The van der Waals surface area contributed by atoms with Crippen molar-refractivity contribution >= 4 is 53.4 Å². The van der Waals surface area contributed by atoms with Gasteiger partial charge in [0.2, 0.25) is 0 Å². The molecule has 0 unspecified atom stereocenters. The molecule has 1 aromatic heterocycles. The van der Waals surface area contributed by atoms with Crippen LogP contribution in [0.3, 0.4) is 0 Å². The van der Waals surface area contributed by atoms with Crippen LogP contribution in [0.4, 0.5) is 11.5 Å². The van der Waals surface area contributed by atoms with Crippen LogP contribution in [-0.4, -0.2) is 20.5 Å². The molecule has 3 N–H and O–H groups in total. The topological polar surface area (TPSA) is 94.3 Å². The van der Waals surface area contributed by atoms with Gasteiger partial charge in [0.05, 0.1) is 17.3 Å². The minimum absolute atomic E-state index is 0.0710. The lowest BCUT2D eigenvalue weighted by Crippen LogP contribution is -2.15. The predicted octanol–water partition coefficient (Wildman–Crippen LogP) is 3.00. The van der Waals surface area contributed by atoms with Crippen molar-refractivity contribution in [3.05, 3.63) is 39.4 Å². The van der Waals surface area contributed by atoms with Crippen molar-refractivity contribution in [2.45, 2.75) is 4.90 Å². The number of halogens is 2. The van der Waals surface area contributed by atoms with Crippen molar-refractivity contribution in [2.75, 3.05) is 17.6 Å². The quantitative estimate of drug-likeness (QED) is 0.768. The second-order valence-corrected chi connectivity index (χ2v) is 7.41. The van der Waals surface area contributed by atoms with Gasteiger partial charge in [-0.15, -0.1) is 0 Å². The number of pyridine rings is 1. The van der Waals surface area contributed by atoms with E-state index in [1.165, 1.54) is 19.4 Å². The largest absolute Gasteiger partial charge is 0.496 e. The lowest BCUT2D eigenvalue weighted by Gasteiger charge is -2.11. The van der Waals surface area contributed by atoms with Crippen molar-refractivity contribution in [2.24, 2.45) is 0 Å². The first-order valence-electron chi connectivity index (χ1n) is 5.61. The van der Waals surface area contributed by atoms with Gasteiger partial charge in [0.25, 0.3) is 10.0 Å². The molecule has 21 heavy (non-hydrogen) atoms. The summed E-state index contributed by atoms with van der Waals surface area (Å²) >= 11 is 6.46. The Kier molecular flexibility index (Phi) is 4.74. The third-order valence-electron chi connectivity index (χ3n) is 2.54. The van der Waals surface area contributed by atoms with Crippen LogP contribution >= 0.6 is 31.9 Å². The van der Waals surface area contributed by atoms with Crippen molar-refractivity contribution in [3.8, 4) is 5.75 Å². The fourth-order valence-corrected chi connectivity index (χ4v) is 3.77. The molecule has 0 amide bonds. The Hall–Kier alpha value is -1.32. The van der Waals surface area contributed by atoms with Gasteiger partial charge in [-0.25, -0.2) is 13.4 Å². The van der Waals surface area contributed by atoms with E-state index in [0.717, 1.165) is 0 Å². The summed E-state index contributed by atoms with van der Waals surface area (Å²) in [5, 5.41) is 0. The Bertz CT molecular complexity index is 781. The van der Waals surface area contributed by atoms with Crippen LogP contribution in [-0.2, 0) is 10.0 Å². The highest BCUT2D eigenvalue weighted by Crippen LogP contribution is 2.29. The smallest absolute Gasteiger partial charge is 0.265 e. The van der Waals surface area contributed by atoms with Gasteiger partial charge in [0, 0.05) is 10.7 Å². The molecule has 2 rings (SSSR count). The fraction of sp³-hybridized carbons (Fsp3) is 0.0833. The lowest BCUT2D eigenvalue weighted by atomic mass is 10.3. The lowest BCUT2D eigenvalue weighted by molar-refractivity contribution is 0.412. The zero-order valence-electron chi connectivity index (χ0n) is 10.8. The summed E-state index contributed by atoms with van der Waals surface area (Å²) in [4.78, 5) is 3.72. The SMILES string of the molecule is COc1ccc(NS(=O)(=O)c2cc(Br)cnc2N)cc1Br. The van der Waals surface area contributed by atoms with Crippen LogP contribution in [0.1, 0.15) is 0 Å². The highest BCUT2D eigenvalue weighted by Gasteiger charge is 2.19. The van der Waals surface area contributed by atoms with Crippen molar-refractivity contribution < 1.29 is 13.2 Å². The standard InChI is InChI=1S/C12H11Br2N3O3S/c1-20-10-3-2-8(5-9(10)14)17-21(18,19)11-4-7(13)6-16-12(11)15/h2-6,17H,1H3,(H2,15,16). The molecule has 0 atom stereocenters. The summed E-state index contributed by atoms with van der Waals surface area (Å²) in [6.45, 7) is 0. The monoisotopic (exact) mass is 435 g/mol. The molecule has 0 saturated heterocycles. The first kappa shape index (κ1) is 16.1. The molecule has 0 aliphatic rings. The number of hydrogen-bond donors (Lipinski definition) is 2. The molecule has 9 heteroatoms. The third-order valence-corrected chi connectivity index (χ3v) is 5.01. The number of benzene rings is 1. The molecule has 0 radical (unpaired) electrons. The average molecular weight is 437 g/mol. The molecule has 1 heterocycles. The molecule has 0 aliphatic heterocycles. The zero-order chi connectivity index (χ0) is 15.6. The molecular formula is C12H11Br2N3O3S. The van der Waals surface area contributed by atoms with Gasteiger partial charge in [-0.1, -0.05) is 0 Å². The Morgan fingerprint density at radius 3 is 2.62 bits per heavy atom. The summed E-state index contributed by atoms with van der Waals surface area (Å²) in [5.41, 5.74) is 6.00. The van der Waals surface area contributed by atoms with Crippen LogP contribution in [0.2, 0.25) is 0 Å². The number of sulfonamides is 1. The van der Waals surface area contributed by atoms with Crippen LogP contribution in [0.5, 0.6) is 5.75 Å². The summed E-state index contributed by atoms with van der Waals surface area (Å²) in [6, 6.07) is 6.22. The van der Waals surface area contributed by atoms with Crippen molar-refractivity contribution in [1.82, 2.24) is 4.98 Å². The molecule has 6 nitrogen and oxygen atoms in total. The zero-order valence-corrected chi connectivity index (χ0v) is 14.8. The number of anilines is 2. The first-order chi connectivity index (χ1) is 9.83. The number of ether oxygens (including phenoxy) is 1. The molecule has 0 fully saturated rings. The maximum Gasteiger partial charge on any atom is 0.265 e. The number of nitrogens with two attached hydrogens (primary N) is 1. The second-order valence-electron chi connectivity index (χ2n) is 3.99. The van der Waals surface area contributed by atoms with Crippen LogP contribution in [0.25, 0.3) is 0 Å². The van der Waals surface area contributed by atoms with E-state index in [1.54, 1.807) is 18.2 Å². The molecule has 0 aliphatic carbocycles. The summed E-state index contributed by atoms with van der Waals surface area (Å²) < 4.78 is 33.4. The van der Waals surface area contributed by atoms with Gasteiger partial charge in [-0.3, -0.25) is 4.72 Å². The van der Waals surface area contributed by atoms with Gasteiger partial charge in [0.1, 0.15) is 16.5 Å². The summed E-state index contributed by atoms with van der Waals surface area (Å²) in [7, 11) is -2.31. The summed E-state index contributed by atoms with van der Waals surface area (Å²) in [6.07, 6.45) is 1.43. The summed E-state index contributed by atoms with van der Waals surface area (Å²) in [5.74, 6) is 0.528. The number of rotatable bonds is 4. The van der Waals surface area contributed by atoms with Crippen molar-refractivity contribution in [3.63, 3.8) is 0 Å². The fourth-order valence-electron chi connectivity index (χ4n) is 1.59. The van der Waals surface area contributed by atoms with E-state index in [-0.39, 0.29) is 10.7 Å². The van der Waals surface area contributed by atoms with Crippen LogP contribution in [0.15, 0.2) is 44.3 Å². The van der Waals surface area contributed by atoms with Crippen LogP contribution in [0, 0.1) is 0 Å². The van der Waals surface area contributed by atoms with E-state index in [9.17, 15) is 8.42 Å². The first-order valence-corrected chi connectivity index (χ1v) is 8.68. The van der Waals surface area contributed by atoms with Gasteiger partial charge in [0.15, 0.2) is 0 Å². The molecule has 0 spiro atoms. The Balaban J connectivity index is 2.37. The highest BCUT2D eigenvalue weighted by atomic mass is 79.9. The number of aromatic nitrogens is 1. The van der Waals surface area contributed by atoms with Gasteiger partial charge < -0.3 is 10.5 Å². The normalized spacial score (nSPS) is 11.2. The minimum Gasteiger partial charge on any atom is -0.496 e. The van der Waals surface area contributed by atoms with E-state index in [4.69, 9.17) is 10.5 Å². The number of nitrogens with one attached hydrogen (secondary N) is 1. The minimum atomic E-state index is -3.83. The van der Waals surface area contributed by atoms with E-state index >= 15 is 0 Å². The molecular weight excluding hydrogens is 426 g/mol. The average Bonchev–Trinajstić information content (AvgIpc) is 2.41. The maximum atomic E-state index is 12.3. The molecule has 0 saturated carbocycles. The Morgan fingerprint density at radius 2 is 2.00 bits per heavy atom. The second kappa shape index (κ2) is 6.20. The van der Waals surface area contributed by atoms with Crippen LogP contribution < -0.4 is 15.2 Å². The molecule has 0 bridgehead atoms. The van der Waals surface area contributed by atoms with Gasteiger partial charge in [-0.05, 0) is 56.1 Å². The number of hydrogen-bond acceptors (Lipinski definition) is 5. The number of nitrogen functional groups attached to an aromatic ring is 1. The maximum absolute atomic E-state index is 12.3. The number of methoxy groups -OCH3 is 1.